The standard InChI is InChI=1S/C13H15N3S/c1-9-2-4-11(14)6-12(9)17-8-10-3-5-13(15)16-7-10/h2-7H,8,14H2,1H3,(H2,15,16). The van der Waals surface area contributed by atoms with E-state index in [-0.39, 0.29) is 0 Å². The van der Waals surface area contributed by atoms with E-state index in [1.54, 1.807) is 11.8 Å². The number of pyridine rings is 1. The van der Waals surface area contributed by atoms with Gasteiger partial charge in [-0.1, -0.05) is 12.1 Å². The van der Waals surface area contributed by atoms with Crippen LogP contribution < -0.4 is 11.5 Å². The number of anilines is 2. The molecule has 4 N–H and O–H groups in total. The third-order valence-electron chi connectivity index (χ3n) is 2.45. The topological polar surface area (TPSA) is 64.9 Å². The predicted octanol–water partition coefficient (Wildman–Crippen LogP) is 2.85. The van der Waals surface area contributed by atoms with Crippen LogP contribution in [0.2, 0.25) is 0 Å². The van der Waals surface area contributed by atoms with Crippen molar-refractivity contribution in [3.63, 3.8) is 0 Å². The summed E-state index contributed by atoms with van der Waals surface area (Å²) in [4.78, 5) is 5.28. The third-order valence-corrected chi connectivity index (χ3v) is 3.68. The second-order valence-corrected chi connectivity index (χ2v) is 4.92. The quantitative estimate of drug-likeness (QED) is 0.644. The highest BCUT2D eigenvalue weighted by Gasteiger charge is 2.01. The molecule has 0 saturated heterocycles. The maximum Gasteiger partial charge on any atom is 0.123 e. The molecule has 0 radical (unpaired) electrons. The molecule has 0 aliphatic carbocycles. The molecule has 4 heteroatoms. The fourth-order valence-corrected chi connectivity index (χ4v) is 2.46. The summed E-state index contributed by atoms with van der Waals surface area (Å²) in [5.74, 6) is 1.43. The minimum atomic E-state index is 0.555. The smallest absolute Gasteiger partial charge is 0.123 e. The van der Waals surface area contributed by atoms with Crippen LogP contribution in [0, 0.1) is 6.92 Å². The second kappa shape index (κ2) is 5.10. The molecule has 0 bridgehead atoms. The fourth-order valence-electron chi connectivity index (χ4n) is 1.45. The van der Waals surface area contributed by atoms with Gasteiger partial charge in [-0.3, -0.25) is 0 Å². The number of nitrogens with two attached hydrogens (primary N) is 2. The molecule has 0 aliphatic rings. The molecular weight excluding hydrogens is 230 g/mol. The molecule has 1 aromatic heterocycles. The van der Waals surface area contributed by atoms with E-state index in [1.165, 1.54) is 10.5 Å². The van der Waals surface area contributed by atoms with E-state index in [2.05, 4.69) is 11.9 Å². The minimum absolute atomic E-state index is 0.555. The van der Waals surface area contributed by atoms with E-state index >= 15 is 0 Å². The van der Waals surface area contributed by atoms with Gasteiger partial charge < -0.3 is 11.5 Å². The Bertz CT molecular complexity index is 509. The fraction of sp³-hybridized carbons (Fsp3) is 0.154. The minimum Gasteiger partial charge on any atom is -0.399 e. The van der Waals surface area contributed by atoms with Crippen LogP contribution in [0.15, 0.2) is 41.4 Å². The molecule has 0 unspecified atom stereocenters. The molecular formula is C13H15N3S. The first-order valence-corrected chi connectivity index (χ1v) is 6.33. The van der Waals surface area contributed by atoms with Crippen molar-refractivity contribution in [1.29, 1.82) is 0 Å². The van der Waals surface area contributed by atoms with Crippen molar-refractivity contribution in [1.82, 2.24) is 4.98 Å². The molecule has 3 nitrogen and oxygen atoms in total. The summed E-state index contributed by atoms with van der Waals surface area (Å²) in [6.45, 7) is 2.09. The van der Waals surface area contributed by atoms with Gasteiger partial charge in [0.25, 0.3) is 0 Å². The van der Waals surface area contributed by atoms with Crippen LogP contribution in [0.4, 0.5) is 11.5 Å². The Morgan fingerprint density at radius 3 is 2.71 bits per heavy atom. The Hall–Kier alpha value is -1.68. The Balaban J connectivity index is 2.07. The van der Waals surface area contributed by atoms with E-state index in [0.29, 0.717) is 5.82 Å². The average Bonchev–Trinajstić information content (AvgIpc) is 2.32. The normalized spacial score (nSPS) is 10.4. The highest BCUT2D eigenvalue weighted by Crippen LogP contribution is 2.27. The molecule has 0 aliphatic heterocycles. The van der Waals surface area contributed by atoms with Gasteiger partial charge in [0.15, 0.2) is 0 Å². The van der Waals surface area contributed by atoms with Gasteiger partial charge in [0.05, 0.1) is 0 Å². The van der Waals surface area contributed by atoms with Gasteiger partial charge in [0.1, 0.15) is 5.82 Å². The number of aryl methyl sites for hydroxylation is 1. The number of nitrogen functional groups attached to an aromatic ring is 2. The van der Waals surface area contributed by atoms with E-state index in [9.17, 15) is 0 Å². The van der Waals surface area contributed by atoms with E-state index in [4.69, 9.17) is 11.5 Å². The molecule has 0 amide bonds. The zero-order valence-corrected chi connectivity index (χ0v) is 10.5. The van der Waals surface area contributed by atoms with Crippen molar-refractivity contribution in [3.8, 4) is 0 Å². The third kappa shape index (κ3) is 3.14. The first-order valence-electron chi connectivity index (χ1n) is 5.34. The molecule has 0 fully saturated rings. The second-order valence-electron chi connectivity index (χ2n) is 3.90. The lowest BCUT2D eigenvalue weighted by Crippen LogP contribution is -1.91. The zero-order chi connectivity index (χ0) is 12.3. The summed E-state index contributed by atoms with van der Waals surface area (Å²) < 4.78 is 0. The van der Waals surface area contributed by atoms with Crippen LogP contribution in [0.25, 0.3) is 0 Å². The van der Waals surface area contributed by atoms with Crippen molar-refractivity contribution < 1.29 is 0 Å². The highest BCUT2D eigenvalue weighted by molar-refractivity contribution is 7.98. The van der Waals surface area contributed by atoms with Crippen LogP contribution >= 0.6 is 11.8 Å². The number of aromatic nitrogens is 1. The number of rotatable bonds is 3. The number of hydrogen-bond donors (Lipinski definition) is 2. The lowest BCUT2D eigenvalue weighted by Gasteiger charge is -2.06. The Morgan fingerprint density at radius 2 is 2.00 bits per heavy atom. The van der Waals surface area contributed by atoms with Crippen molar-refractivity contribution in [3.05, 3.63) is 47.7 Å². The van der Waals surface area contributed by atoms with Crippen LogP contribution in [-0.2, 0) is 5.75 Å². The Kier molecular flexibility index (Phi) is 3.54. The number of benzene rings is 1. The van der Waals surface area contributed by atoms with Crippen molar-refractivity contribution in [2.45, 2.75) is 17.6 Å². The lowest BCUT2D eigenvalue weighted by atomic mass is 10.2. The van der Waals surface area contributed by atoms with Gasteiger partial charge in [-0.2, -0.15) is 0 Å². The predicted molar refractivity (Wildman–Crippen MR) is 73.8 cm³/mol. The summed E-state index contributed by atoms with van der Waals surface area (Å²) in [5, 5.41) is 0. The van der Waals surface area contributed by atoms with Gasteiger partial charge >= 0.3 is 0 Å². The lowest BCUT2D eigenvalue weighted by molar-refractivity contribution is 1.25. The van der Waals surface area contributed by atoms with Crippen molar-refractivity contribution >= 4 is 23.3 Å². The summed E-state index contributed by atoms with van der Waals surface area (Å²) >= 11 is 1.76. The van der Waals surface area contributed by atoms with Gasteiger partial charge in [0, 0.05) is 22.5 Å². The van der Waals surface area contributed by atoms with Crippen molar-refractivity contribution in [2.24, 2.45) is 0 Å². The summed E-state index contributed by atoms with van der Waals surface area (Å²) in [6, 6.07) is 9.78. The summed E-state index contributed by atoms with van der Waals surface area (Å²) in [6.07, 6.45) is 1.81. The van der Waals surface area contributed by atoms with Crippen LogP contribution in [0.1, 0.15) is 11.1 Å². The molecule has 1 aromatic carbocycles. The van der Waals surface area contributed by atoms with Crippen LogP contribution in [0.3, 0.4) is 0 Å². The van der Waals surface area contributed by atoms with Crippen molar-refractivity contribution in [2.75, 3.05) is 11.5 Å². The first-order chi connectivity index (χ1) is 8.15. The first kappa shape index (κ1) is 11.8. The van der Waals surface area contributed by atoms with E-state index in [0.717, 1.165) is 17.0 Å². The maximum atomic E-state index is 5.77. The average molecular weight is 245 g/mol. The Morgan fingerprint density at radius 1 is 1.18 bits per heavy atom. The molecule has 1 heterocycles. The van der Waals surface area contributed by atoms with Crippen LogP contribution in [-0.4, -0.2) is 4.98 Å². The van der Waals surface area contributed by atoms with Crippen LogP contribution in [0.5, 0.6) is 0 Å². The monoisotopic (exact) mass is 245 g/mol. The molecule has 0 atom stereocenters. The number of nitrogens with zero attached hydrogens (tertiary/aromatic N) is 1. The SMILES string of the molecule is Cc1ccc(N)cc1SCc1ccc(N)nc1. The number of thioether (sulfide) groups is 1. The van der Waals surface area contributed by atoms with Gasteiger partial charge in [-0.05, 0) is 36.2 Å². The summed E-state index contributed by atoms with van der Waals surface area (Å²) in [5.41, 5.74) is 14.5. The largest absolute Gasteiger partial charge is 0.399 e. The molecule has 2 rings (SSSR count). The Labute approximate surface area is 105 Å². The van der Waals surface area contributed by atoms with Gasteiger partial charge in [0.2, 0.25) is 0 Å². The van der Waals surface area contributed by atoms with Gasteiger partial charge in [-0.25, -0.2) is 4.98 Å². The van der Waals surface area contributed by atoms with E-state index < -0.39 is 0 Å². The number of hydrogen-bond acceptors (Lipinski definition) is 4. The molecule has 0 saturated carbocycles. The summed E-state index contributed by atoms with van der Waals surface area (Å²) in [7, 11) is 0. The molecule has 0 spiro atoms. The van der Waals surface area contributed by atoms with E-state index in [1.807, 2.05) is 36.5 Å². The van der Waals surface area contributed by atoms with Gasteiger partial charge in [-0.15, -0.1) is 11.8 Å². The maximum absolute atomic E-state index is 5.77. The molecule has 17 heavy (non-hydrogen) atoms. The molecule has 2 aromatic rings. The highest BCUT2D eigenvalue weighted by atomic mass is 32.2. The molecule has 88 valence electrons. The zero-order valence-electron chi connectivity index (χ0n) is 9.68.